The molecule has 0 saturated carbocycles. The molecule has 4 aromatic heterocycles. The number of hydrogen-bond donors (Lipinski definition) is 2. The van der Waals surface area contributed by atoms with Gasteiger partial charge < -0.3 is 9.73 Å². The Morgan fingerprint density at radius 3 is 2.91 bits per heavy atom. The van der Waals surface area contributed by atoms with E-state index in [-0.39, 0.29) is 6.04 Å². The summed E-state index contributed by atoms with van der Waals surface area (Å²) >= 11 is 0. The molecule has 0 aromatic carbocycles. The van der Waals surface area contributed by atoms with Crippen molar-refractivity contribution >= 4 is 22.5 Å². The second kappa shape index (κ2) is 5.20. The largest absolute Gasteiger partial charge is 0.442 e. The van der Waals surface area contributed by atoms with Gasteiger partial charge in [-0.2, -0.15) is 10.2 Å². The molecule has 116 valence electrons. The lowest BCUT2D eigenvalue weighted by Crippen LogP contribution is -2.00. The topological polar surface area (TPSA) is 110 Å². The van der Waals surface area contributed by atoms with Gasteiger partial charge >= 0.3 is 0 Å². The maximum atomic E-state index is 5.27. The highest BCUT2D eigenvalue weighted by Gasteiger charge is 2.14. The third-order valence-electron chi connectivity index (χ3n) is 3.32. The van der Waals surface area contributed by atoms with Gasteiger partial charge in [0.2, 0.25) is 5.82 Å². The molecule has 9 heteroatoms. The number of H-pyrrole nitrogens is 1. The highest BCUT2D eigenvalue weighted by Crippen LogP contribution is 2.25. The summed E-state index contributed by atoms with van der Waals surface area (Å²) in [5.74, 6) is 1.33. The summed E-state index contributed by atoms with van der Waals surface area (Å²) in [4.78, 5) is 13.0. The summed E-state index contributed by atoms with van der Waals surface area (Å²) in [7, 11) is 0. The van der Waals surface area contributed by atoms with Crippen molar-refractivity contribution in [1.29, 1.82) is 0 Å². The molecule has 4 rings (SSSR count). The lowest BCUT2D eigenvalue weighted by atomic mass is 10.4. The predicted octanol–water partition coefficient (Wildman–Crippen LogP) is 2.53. The van der Waals surface area contributed by atoms with Crippen LogP contribution in [-0.2, 0) is 0 Å². The lowest BCUT2D eigenvalue weighted by Gasteiger charge is -2.06. The first-order valence-electron chi connectivity index (χ1n) is 7.13. The molecular formula is C14H14N8O. The van der Waals surface area contributed by atoms with Crippen LogP contribution < -0.4 is 5.32 Å². The Balaban J connectivity index is 1.77. The molecule has 0 spiro atoms. The van der Waals surface area contributed by atoms with Gasteiger partial charge in [0.15, 0.2) is 5.82 Å². The monoisotopic (exact) mass is 310 g/mol. The molecule has 9 nitrogen and oxygen atoms in total. The molecule has 4 heterocycles. The van der Waals surface area contributed by atoms with E-state index < -0.39 is 0 Å². The van der Waals surface area contributed by atoms with Gasteiger partial charge in [-0.15, -0.1) is 0 Å². The number of oxazole rings is 1. The zero-order valence-electron chi connectivity index (χ0n) is 12.6. The molecule has 0 fully saturated rings. The van der Waals surface area contributed by atoms with Crippen molar-refractivity contribution in [2.75, 3.05) is 5.32 Å². The Labute approximate surface area is 130 Å². The van der Waals surface area contributed by atoms with Crippen molar-refractivity contribution in [2.45, 2.75) is 19.9 Å². The van der Waals surface area contributed by atoms with E-state index in [1.54, 1.807) is 18.6 Å². The Morgan fingerprint density at radius 1 is 1.26 bits per heavy atom. The van der Waals surface area contributed by atoms with E-state index in [0.717, 1.165) is 5.69 Å². The number of nitrogens with one attached hydrogen (secondary N) is 2. The summed E-state index contributed by atoms with van der Waals surface area (Å²) in [5, 5.41) is 14.5. The summed E-state index contributed by atoms with van der Waals surface area (Å²) in [6, 6.07) is 0.283. The van der Waals surface area contributed by atoms with Gasteiger partial charge in [-0.05, 0) is 13.8 Å². The van der Waals surface area contributed by atoms with Crippen molar-refractivity contribution in [3.63, 3.8) is 0 Å². The summed E-state index contributed by atoms with van der Waals surface area (Å²) in [5.41, 5.74) is 2.20. The number of rotatable bonds is 4. The van der Waals surface area contributed by atoms with E-state index in [0.29, 0.717) is 28.6 Å². The van der Waals surface area contributed by atoms with E-state index >= 15 is 0 Å². The van der Waals surface area contributed by atoms with Crippen LogP contribution in [0, 0.1) is 0 Å². The van der Waals surface area contributed by atoms with Gasteiger partial charge in [-0.1, -0.05) is 0 Å². The molecule has 0 aliphatic heterocycles. The average Bonchev–Trinajstić information content (AvgIpc) is 3.28. The molecule has 0 atom stereocenters. The van der Waals surface area contributed by atoms with Crippen molar-refractivity contribution < 1.29 is 4.42 Å². The normalized spacial score (nSPS) is 11.4. The van der Waals surface area contributed by atoms with Crippen molar-refractivity contribution in [2.24, 2.45) is 0 Å². The number of aromatic nitrogens is 7. The first-order chi connectivity index (χ1) is 11.2. The first kappa shape index (κ1) is 13.4. The van der Waals surface area contributed by atoms with Crippen molar-refractivity contribution in [3.05, 3.63) is 31.1 Å². The van der Waals surface area contributed by atoms with Gasteiger partial charge in [0.25, 0.3) is 5.89 Å². The quantitative estimate of drug-likeness (QED) is 0.596. The van der Waals surface area contributed by atoms with Crippen LogP contribution in [0.2, 0.25) is 0 Å². The number of fused-ring (bicyclic) bond motifs is 1. The van der Waals surface area contributed by atoms with Crippen LogP contribution in [0.3, 0.4) is 0 Å². The van der Waals surface area contributed by atoms with Gasteiger partial charge in [0, 0.05) is 12.2 Å². The van der Waals surface area contributed by atoms with Gasteiger partial charge in [-0.25, -0.2) is 15.0 Å². The molecule has 23 heavy (non-hydrogen) atoms. The molecule has 0 bridgehead atoms. The number of anilines is 2. The fourth-order valence-electron chi connectivity index (χ4n) is 2.18. The number of nitrogens with zero attached hydrogens (tertiary/aromatic N) is 6. The SMILES string of the molecule is CC(C)n1cc(Nc2nc(-c3ncco3)nc3cn[nH]c23)cn1. The molecule has 0 amide bonds. The first-order valence-corrected chi connectivity index (χ1v) is 7.13. The minimum absolute atomic E-state index is 0.283. The molecule has 0 aliphatic carbocycles. The third-order valence-corrected chi connectivity index (χ3v) is 3.32. The van der Waals surface area contributed by atoms with Gasteiger partial charge in [0.1, 0.15) is 17.3 Å². The van der Waals surface area contributed by atoms with Crippen LogP contribution in [0.1, 0.15) is 19.9 Å². The van der Waals surface area contributed by atoms with Gasteiger partial charge in [0.05, 0.1) is 24.3 Å². The van der Waals surface area contributed by atoms with Crippen LogP contribution in [0.5, 0.6) is 0 Å². The van der Waals surface area contributed by atoms with E-state index in [2.05, 4.69) is 49.4 Å². The van der Waals surface area contributed by atoms with Crippen LogP contribution in [0.4, 0.5) is 11.5 Å². The Morgan fingerprint density at radius 2 is 2.17 bits per heavy atom. The van der Waals surface area contributed by atoms with Gasteiger partial charge in [-0.3, -0.25) is 9.78 Å². The Bertz CT molecular complexity index is 937. The second-order valence-corrected chi connectivity index (χ2v) is 5.29. The molecule has 0 saturated heterocycles. The second-order valence-electron chi connectivity index (χ2n) is 5.29. The van der Waals surface area contributed by atoms with Crippen molar-refractivity contribution in [1.82, 2.24) is 34.9 Å². The summed E-state index contributed by atoms with van der Waals surface area (Å²) in [6.07, 6.45) is 8.33. The van der Waals surface area contributed by atoms with Crippen LogP contribution in [-0.4, -0.2) is 34.9 Å². The highest BCUT2D eigenvalue weighted by atomic mass is 16.3. The van der Waals surface area contributed by atoms with Crippen LogP contribution >= 0.6 is 0 Å². The lowest BCUT2D eigenvalue weighted by molar-refractivity contribution is 0.532. The van der Waals surface area contributed by atoms with Crippen molar-refractivity contribution in [3.8, 4) is 11.7 Å². The average molecular weight is 310 g/mol. The van der Waals surface area contributed by atoms with E-state index in [1.807, 2.05) is 10.9 Å². The smallest absolute Gasteiger partial charge is 0.264 e. The van der Waals surface area contributed by atoms with Crippen LogP contribution in [0.25, 0.3) is 22.7 Å². The predicted molar refractivity (Wildman–Crippen MR) is 83.1 cm³/mol. The van der Waals surface area contributed by atoms with E-state index in [4.69, 9.17) is 4.42 Å². The zero-order chi connectivity index (χ0) is 15.8. The molecule has 2 N–H and O–H groups in total. The molecule has 4 aromatic rings. The maximum Gasteiger partial charge on any atom is 0.264 e. The summed E-state index contributed by atoms with van der Waals surface area (Å²) in [6.45, 7) is 4.13. The molecule has 0 unspecified atom stereocenters. The maximum absolute atomic E-state index is 5.27. The van der Waals surface area contributed by atoms with E-state index in [1.165, 1.54) is 6.26 Å². The summed E-state index contributed by atoms with van der Waals surface area (Å²) < 4.78 is 7.14. The molecular weight excluding hydrogens is 296 g/mol. The fraction of sp³-hybridized carbons (Fsp3) is 0.214. The number of hydrogen-bond acceptors (Lipinski definition) is 7. The van der Waals surface area contributed by atoms with E-state index in [9.17, 15) is 0 Å². The fourth-order valence-corrected chi connectivity index (χ4v) is 2.18. The molecule has 0 aliphatic rings. The van der Waals surface area contributed by atoms with Crippen LogP contribution in [0.15, 0.2) is 35.5 Å². The minimum Gasteiger partial charge on any atom is -0.442 e. The number of aromatic amines is 1. The highest BCUT2D eigenvalue weighted by molar-refractivity contribution is 5.87. The third kappa shape index (κ3) is 2.41. The minimum atomic E-state index is 0.283. The Hall–Kier alpha value is -3.23. The standard InChI is InChI=1S/C14H14N8O/c1-8(2)22-7-9(5-17-22)18-12-11-10(6-16-21-11)19-13(20-12)14-15-3-4-23-14/h3-8H,1-2H3,(H,16,21)(H,18,19,20). The Kier molecular flexibility index (Phi) is 3.04. The molecule has 0 radical (unpaired) electrons. The zero-order valence-corrected chi connectivity index (χ0v) is 12.6.